The molecule has 1 N–H and O–H groups in total. The normalized spacial score (nSPS) is 12.5. The molecule has 0 saturated carbocycles. The van der Waals surface area contributed by atoms with Crippen molar-refractivity contribution in [1.82, 2.24) is 9.97 Å². The summed E-state index contributed by atoms with van der Waals surface area (Å²) in [5, 5.41) is 8.89. The molecule has 0 amide bonds. The van der Waals surface area contributed by atoms with E-state index in [9.17, 15) is 4.79 Å². The Bertz CT molecular complexity index is 304. The van der Waals surface area contributed by atoms with Gasteiger partial charge in [-0.2, -0.15) is 0 Å². The summed E-state index contributed by atoms with van der Waals surface area (Å²) >= 11 is 6.64. The minimum atomic E-state index is -0.886. The molecule has 0 aliphatic rings. The summed E-state index contributed by atoms with van der Waals surface area (Å²) in [4.78, 5) is 18.2. The van der Waals surface area contributed by atoms with Crippen molar-refractivity contribution in [3.05, 3.63) is 17.4 Å². The predicted molar refractivity (Wildman–Crippen MR) is 50.0 cm³/mol. The summed E-state index contributed by atoms with van der Waals surface area (Å²) in [6.45, 7) is 1.57. The number of carbonyl (C=O) groups is 1. The molecule has 1 aromatic heterocycles. The van der Waals surface area contributed by atoms with Crippen molar-refractivity contribution in [3.63, 3.8) is 0 Å². The van der Waals surface area contributed by atoms with Gasteiger partial charge in [0.15, 0.2) is 5.16 Å². The Labute approximate surface area is 84.3 Å². The van der Waals surface area contributed by atoms with Gasteiger partial charge in [-0.15, -0.1) is 0 Å². The van der Waals surface area contributed by atoms with Crippen LogP contribution >= 0.6 is 23.4 Å². The summed E-state index contributed by atoms with van der Waals surface area (Å²) in [5.74, 6) is -0.886. The number of thioether (sulfide) groups is 1. The molecule has 1 atom stereocenters. The molecule has 0 fully saturated rings. The van der Waals surface area contributed by atoms with Gasteiger partial charge in [0.05, 0.1) is 17.4 Å². The van der Waals surface area contributed by atoms with Crippen molar-refractivity contribution in [2.45, 2.75) is 17.3 Å². The van der Waals surface area contributed by atoms with E-state index in [1.165, 1.54) is 12.4 Å². The first-order valence-electron chi connectivity index (χ1n) is 3.46. The second-order valence-electron chi connectivity index (χ2n) is 2.28. The number of hydrogen-bond acceptors (Lipinski definition) is 4. The van der Waals surface area contributed by atoms with Crippen molar-refractivity contribution in [1.29, 1.82) is 0 Å². The molecule has 6 heteroatoms. The fraction of sp³-hybridized carbons (Fsp3) is 0.286. The van der Waals surface area contributed by atoms with E-state index >= 15 is 0 Å². The van der Waals surface area contributed by atoms with E-state index in [0.29, 0.717) is 10.2 Å². The van der Waals surface area contributed by atoms with Gasteiger partial charge in [0, 0.05) is 0 Å². The molecular formula is C7H7ClN2O2S. The van der Waals surface area contributed by atoms with Crippen molar-refractivity contribution < 1.29 is 9.90 Å². The zero-order valence-electron chi connectivity index (χ0n) is 6.77. The number of halogens is 1. The lowest BCUT2D eigenvalue weighted by Gasteiger charge is -2.02. The zero-order chi connectivity index (χ0) is 9.84. The van der Waals surface area contributed by atoms with E-state index < -0.39 is 11.2 Å². The number of carboxylic acid groups (broad SMARTS) is 1. The van der Waals surface area contributed by atoms with Gasteiger partial charge in [-0.3, -0.25) is 4.79 Å². The number of aliphatic carboxylic acids is 1. The Kier molecular flexibility index (Phi) is 3.50. The predicted octanol–water partition coefficient (Wildman–Crippen LogP) is 1.70. The highest BCUT2D eigenvalue weighted by Crippen LogP contribution is 2.19. The smallest absolute Gasteiger partial charge is 0.316 e. The third kappa shape index (κ3) is 3.20. The molecule has 0 aromatic carbocycles. The summed E-state index contributed by atoms with van der Waals surface area (Å²) in [6.07, 6.45) is 2.87. The summed E-state index contributed by atoms with van der Waals surface area (Å²) in [5.41, 5.74) is 0. The molecule has 0 aliphatic carbocycles. The van der Waals surface area contributed by atoms with Gasteiger partial charge in [-0.05, 0) is 6.92 Å². The minimum absolute atomic E-state index is 0.416. The first kappa shape index (κ1) is 10.3. The summed E-state index contributed by atoms with van der Waals surface area (Å²) in [6, 6.07) is 0. The van der Waals surface area contributed by atoms with Crippen molar-refractivity contribution >= 4 is 29.3 Å². The lowest BCUT2D eigenvalue weighted by molar-refractivity contribution is -0.136. The Balaban J connectivity index is 2.64. The number of rotatable bonds is 3. The number of hydrogen-bond donors (Lipinski definition) is 1. The Morgan fingerprint density at radius 3 is 2.62 bits per heavy atom. The molecule has 13 heavy (non-hydrogen) atoms. The van der Waals surface area contributed by atoms with Crippen LogP contribution in [0, 0.1) is 0 Å². The molecule has 1 unspecified atom stereocenters. The second-order valence-corrected chi connectivity index (χ2v) is 4.03. The summed E-state index contributed by atoms with van der Waals surface area (Å²) < 4.78 is 0. The van der Waals surface area contributed by atoms with Crippen LogP contribution in [0.3, 0.4) is 0 Å². The lowest BCUT2D eigenvalue weighted by atomic mass is 10.5. The average molecular weight is 219 g/mol. The highest BCUT2D eigenvalue weighted by Gasteiger charge is 2.13. The van der Waals surface area contributed by atoms with Crippen LogP contribution in [-0.2, 0) is 4.79 Å². The Morgan fingerprint density at radius 1 is 1.62 bits per heavy atom. The van der Waals surface area contributed by atoms with E-state index in [4.69, 9.17) is 16.7 Å². The van der Waals surface area contributed by atoms with Gasteiger partial charge in [-0.1, -0.05) is 23.4 Å². The van der Waals surface area contributed by atoms with Crippen LogP contribution in [0.1, 0.15) is 6.92 Å². The molecule has 0 saturated heterocycles. The van der Waals surface area contributed by atoms with Gasteiger partial charge in [0.2, 0.25) is 0 Å². The van der Waals surface area contributed by atoms with Crippen LogP contribution in [0.25, 0.3) is 0 Å². The van der Waals surface area contributed by atoms with E-state index in [2.05, 4.69) is 9.97 Å². The topological polar surface area (TPSA) is 63.1 Å². The minimum Gasteiger partial charge on any atom is -0.480 e. The van der Waals surface area contributed by atoms with Crippen LogP contribution in [0.2, 0.25) is 5.02 Å². The van der Waals surface area contributed by atoms with Gasteiger partial charge >= 0.3 is 5.97 Å². The molecule has 0 bridgehead atoms. The average Bonchev–Trinajstić information content (AvgIpc) is 2.08. The molecule has 0 radical (unpaired) electrons. The van der Waals surface area contributed by atoms with Crippen LogP contribution in [0.15, 0.2) is 17.6 Å². The first-order chi connectivity index (χ1) is 6.09. The van der Waals surface area contributed by atoms with E-state index in [1.807, 2.05) is 0 Å². The van der Waals surface area contributed by atoms with Crippen LogP contribution < -0.4 is 0 Å². The molecule has 1 rings (SSSR count). The molecular weight excluding hydrogens is 212 g/mol. The van der Waals surface area contributed by atoms with Crippen LogP contribution in [-0.4, -0.2) is 26.3 Å². The van der Waals surface area contributed by atoms with Gasteiger partial charge < -0.3 is 5.11 Å². The highest BCUT2D eigenvalue weighted by atomic mass is 35.5. The van der Waals surface area contributed by atoms with E-state index in [0.717, 1.165) is 11.8 Å². The second kappa shape index (κ2) is 4.43. The van der Waals surface area contributed by atoms with E-state index in [1.54, 1.807) is 6.92 Å². The lowest BCUT2D eigenvalue weighted by Crippen LogP contribution is -2.11. The molecule has 4 nitrogen and oxygen atoms in total. The van der Waals surface area contributed by atoms with Crippen LogP contribution in [0.5, 0.6) is 0 Å². The Morgan fingerprint density at radius 2 is 2.15 bits per heavy atom. The maximum atomic E-state index is 10.5. The quantitative estimate of drug-likeness (QED) is 0.618. The van der Waals surface area contributed by atoms with Crippen molar-refractivity contribution in [2.24, 2.45) is 0 Å². The fourth-order valence-corrected chi connectivity index (χ4v) is 1.31. The number of nitrogens with zero attached hydrogens (tertiary/aromatic N) is 2. The fourth-order valence-electron chi connectivity index (χ4n) is 0.570. The first-order valence-corrected chi connectivity index (χ1v) is 4.72. The molecule has 1 aromatic rings. The molecule has 70 valence electrons. The standard InChI is InChI=1S/C7H7ClN2O2S/c1-4(6(11)12)13-7-9-2-5(8)3-10-7/h2-4H,1H3,(H,11,12). The molecule has 1 heterocycles. The SMILES string of the molecule is CC(Sc1ncc(Cl)cn1)C(=O)O. The largest absolute Gasteiger partial charge is 0.480 e. The third-order valence-corrected chi connectivity index (χ3v) is 2.40. The van der Waals surface area contributed by atoms with Gasteiger partial charge in [0.1, 0.15) is 5.25 Å². The maximum absolute atomic E-state index is 10.5. The maximum Gasteiger partial charge on any atom is 0.316 e. The Hall–Kier alpha value is -0.810. The molecule has 0 aliphatic heterocycles. The van der Waals surface area contributed by atoms with Gasteiger partial charge in [0.25, 0.3) is 0 Å². The summed E-state index contributed by atoms with van der Waals surface area (Å²) in [7, 11) is 0. The zero-order valence-corrected chi connectivity index (χ0v) is 8.34. The number of carboxylic acids is 1. The van der Waals surface area contributed by atoms with E-state index in [-0.39, 0.29) is 0 Å². The monoisotopic (exact) mass is 218 g/mol. The van der Waals surface area contributed by atoms with Crippen LogP contribution in [0.4, 0.5) is 0 Å². The number of aromatic nitrogens is 2. The van der Waals surface area contributed by atoms with Crippen molar-refractivity contribution in [3.8, 4) is 0 Å². The van der Waals surface area contributed by atoms with Gasteiger partial charge in [-0.25, -0.2) is 9.97 Å². The third-order valence-electron chi connectivity index (χ3n) is 1.23. The molecule has 0 spiro atoms. The van der Waals surface area contributed by atoms with Crippen molar-refractivity contribution in [2.75, 3.05) is 0 Å². The highest BCUT2D eigenvalue weighted by molar-refractivity contribution is 8.00.